The van der Waals surface area contributed by atoms with Crippen LogP contribution in [0, 0.1) is 6.92 Å². The van der Waals surface area contributed by atoms with E-state index in [1.807, 2.05) is 13.0 Å². The SMILES string of the molecule is Cc1nccc(CBr)n1. The predicted octanol–water partition coefficient (Wildman–Crippen LogP) is 1.68. The molecule has 0 aliphatic rings. The van der Waals surface area contributed by atoms with Gasteiger partial charge in [0.25, 0.3) is 0 Å². The number of aromatic nitrogens is 2. The minimum Gasteiger partial charge on any atom is -0.242 e. The molecule has 0 amide bonds. The smallest absolute Gasteiger partial charge is 0.125 e. The van der Waals surface area contributed by atoms with Crippen LogP contribution < -0.4 is 0 Å². The second-order valence-corrected chi connectivity index (χ2v) is 2.29. The standard InChI is InChI=1S/C6H7BrN2/c1-5-8-3-2-6(4-7)9-5/h2-3H,4H2,1H3. The van der Waals surface area contributed by atoms with E-state index in [0.717, 1.165) is 16.8 Å². The van der Waals surface area contributed by atoms with Crippen molar-refractivity contribution < 1.29 is 0 Å². The monoisotopic (exact) mass is 186 g/mol. The van der Waals surface area contributed by atoms with Crippen LogP contribution in [0.3, 0.4) is 0 Å². The molecule has 0 saturated carbocycles. The number of alkyl halides is 1. The van der Waals surface area contributed by atoms with Crippen LogP contribution in [-0.2, 0) is 5.33 Å². The third kappa shape index (κ3) is 1.75. The highest BCUT2D eigenvalue weighted by Crippen LogP contribution is 1.99. The maximum atomic E-state index is 4.13. The molecule has 0 radical (unpaired) electrons. The summed E-state index contributed by atoms with van der Waals surface area (Å²) in [6, 6.07) is 1.89. The molecule has 1 aromatic heterocycles. The molecule has 2 nitrogen and oxygen atoms in total. The number of hydrogen-bond donors (Lipinski definition) is 0. The molecule has 0 saturated heterocycles. The van der Waals surface area contributed by atoms with Gasteiger partial charge in [0.15, 0.2) is 0 Å². The Bertz CT molecular complexity index is 200. The topological polar surface area (TPSA) is 25.8 Å². The third-order valence-corrected chi connectivity index (χ3v) is 1.55. The zero-order valence-electron chi connectivity index (χ0n) is 5.13. The molecule has 0 atom stereocenters. The van der Waals surface area contributed by atoms with Crippen LogP contribution in [-0.4, -0.2) is 9.97 Å². The number of rotatable bonds is 1. The van der Waals surface area contributed by atoms with Gasteiger partial charge in [0, 0.05) is 11.5 Å². The first-order valence-electron chi connectivity index (χ1n) is 2.67. The molecule has 0 bridgehead atoms. The Labute approximate surface area is 62.5 Å². The highest BCUT2D eigenvalue weighted by atomic mass is 79.9. The summed E-state index contributed by atoms with van der Waals surface area (Å²) in [5, 5.41) is 0.802. The van der Waals surface area contributed by atoms with E-state index in [0.29, 0.717) is 0 Å². The van der Waals surface area contributed by atoms with Crippen molar-refractivity contribution in [3.05, 3.63) is 23.8 Å². The number of aryl methyl sites for hydroxylation is 1. The average molecular weight is 187 g/mol. The molecule has 1 heterocycles. The summed E-state index contributed by atoms with van der Waals surface area (Å²) in [7, 11) is 0. The van der Waals surface area contributed by atoms with Gasteiger partial charge in [-0.05, 0) is 13.0 Å². The lowest BCUT2D eigenvalue weighted by molar-refractivity contribution is 1.01. The zero-order valence-corrected chi connectivity index (χ0v) is 6.72. The molecule has 1 rings (SSSR count). The van der Waals surface area contributed by atoms with Gasteiger partial charge in [-0.3, -0.25) is 0 Å². The van der Waals surface area contributed by atoms with Gasteiger partial charge in [-0.1, -0.05) is 15.9 Å². The Kier molecular flexibility index (Phi) is 2.16. The van der Waals surface area contributed by atoms with Gasteiger partial charge in [-0.25, -0.2) is 9.97 Å². The summed E-state index contributed by atoms with van der Waals surface area (Å²) >= 11 is 3.30. The quantitative estimate of drug-likeness (QED) is 0.625. The maximum absolute atomic E-state index is 4.13. The minimum absolute atomic E-state index is 0.802. The van der Waals surface area contributed by atoms with Crippen molar-refractivity contribution in [1.29, 1.82) is 0 Å². The lowest BCUT2D eigenvalue weighted by Crippen LogP contribution is -1.89. The van der Waals surface area contributed by atoms with Crippen molar-refractivity contribution >= 4 is 15.9 Å². The third-order valence-electron chi connectivity index (χ3n) is 0.971. The Balaban J connectivity index is 2.94. The summed E-state index contributed by atoms with van der Waals surface area (Å²) in [5.41, 5.74) is 1.03. The van der Waals surface area contributed by atoms with E-state index in [9.17, 15) is 0 Å². The first-order chi connectivity index (χ1) is 4.33. The van der Waals surface area contributed by atoms with Crippen molar-refractivity contribution in [2.75, 3.05) is 0 Å². The lowest BCUT2D eigenvalue weighted by atomic mass is 10.4. The fraction of sp³-hybridized carbons (Fsp3) is 0.333. The van der Waals surface area contributed by atoms with Gasteiger partial charge in [-0.15, -0.1) is 0 Å². The maximum Gasteiger partial charge on any atom is 0.125 e. The van der Waals surface area contributed by atoms with Crippen molar-refractivity contribution in [1.82, 2.24) is 9.97 Å². The molecule has 0 spiro atoms. The van der Waals surface area contributed by atoms with Crippen molar-refractivity contribution in [2.45, 2.75) is 12.3 Å². The van der Waals surface area contributed by atoms with Crippen LogP contribution in [0.2, 0.25) is 0 Å². The number of halogens is 1. The molecule has 48 valence electrons. The van der Waals surface area contributed by atoms with E-state index in [2.05, 4.69) is 25.9 Å². The Morgan fingerprint density at radius 3 is 2.89 bits per heavy atom. The molecular weight excluding hydrogens is 180 g/mol. The number of nitrogens with zero attached hydrogens (tertiary/aromatic N) is 2. The summed E-state index contributed by atoms with van der Waals surface area (Å²) in [6.45, 7) is 1.88. The highest BCUT2D eigenvalue weighted by molar-refractivity contribution is 9.08. The van der Waals surface area contributed by atoms with Crippen molar-refractivity contribution in [2.24, 2.45) is 0 Å². The van der Waals surface area contributed by atoms with E-state index in [1.54, 1.807) is 6.20 Å². The molecule has 0 N–H and O–H groups in total. The van der Waals surface area contributed by atoms with Gasteiger partial charge in [0.05, 0.1) is 5.69 Å². The zero-order chi connectivity index (χ0) is 6.69. The van der Waals surface area contributed by atoms with Crippen molar-refractivity contribution in [3.8, 4) is 0 Å². The molecule has 0 fully saturated rings. The molecule has 1 aromatic rings. The molecule has 0 aliphatic heterocycles. The molecule has 0 aromatic carbocycles. The minimum atomic E-state index is 0.802. The van der Waals surface area contributed by atoms with E-state index >= 15 is 0 Å². The van der Waals surface area contributed by atoms with Gasteiger partial charge in [-0.2, -0.15) is 0 Å². The van der Waals surface area contributed by atoms with Gasteiger partial charge in [0.1, 0.15) is 5.82 Å². The second kappa shape index (κ2) is 2.92. The molecule has 3 heteroatoms. The second-order valence-electron chi connectivity index (χ2n) is 1.73. The normalized spacial score (nSPS) is 9.56. The summed E-state index contributed by atoms with van der Waals surface area (Å²) in [5.74, 6) is 0.826. The van der Waals surface area contributed by atoms with Crippen LogP contribution >= 0.6 is 15.9 Å². The van der Waals surface area contributed by atoms with Crippen LogP contribution in [0.15, 0.2) is 12.3 Å². The molecular formula is C6H7BrN2. The van der Waals surface area contributed by atoms with Crippen LogP contribution in [0.4, 0.5) is 0 Å². The largest absolute Gasteiger partial charge is 0.242 e. The van der Waals surface area contributed by atoms with E-state index in [4.69, 9.17) is 0 Å². The van der Waals surface area contributed by atoms with Gasteiger partial charge >= 0.3 is 0 Å². The molecule has 0 unspecified atom stereocenters. The molecule has 0 aliphatic carbocycles. The van der Waals surface area contributed by atoms with E-state index < -0.39 is 0 Å². The highest BCUT2D eigenvalue weighted by Gasteiger charge is 1.89. The lowest BCUT2D eigenvalue weighted by Gasteiger charge is -1.92. The Hall–Kier alpha value is -0.440. The van der Waals surface area contributed by atoms with Crippen LogP contribution in [0.5, 0.6) is 0 Å². The summed E-state index contributed by atoms with van der Waals surface area (Å²) in [4.78, 5) is 8.09. The molecule has 9 heavy (non-hydrogen) atoms. The van der Waals surface area contributed by atoms with Gasteiger partial charge in [0.2, 0.25) is 0 Å². The fourth-order valence-electron chi connectivity index (χ4n) is 0.580. The Morgan fingerprint density at radius 2 is 2.44 bits per heavy atom. The summed E-state index contributed by atoms with van der Waals surface area (Å²) in [6.07, 6.45) is 1.76. The predicted molar refractivity (Wildman–Crippen MR) is 39.4 cm³/mol. The fourth-order valence-corrected chi connectivity index (χ4v) is 0.892. The van der Waals surface area contributed by atoms with Gasteiger partial charge < -0.3 is 0 Å². The first kappa shape index (κ1) is 6.68. The number of hydrogen-bond acceptors (Lipinski definition) is 2. The van der Waals surface area contributed by atoms with E-state index in [-0.39, 0.29) is 0 Å². The Morgan fingerprint density at radius 1 is 1.67 bits per heavy atom. The average Bonchev–Trinajstić information content (AvgIpc) is 1.88. The first-order valence-corrected chi connectivity index (χ1v) is 3.79. The summed E-state index contributed by atoms with van der Waals surface area (Å²) < 4.78 is 0. The van der Waals surface area contributed by atoms with E-state index in [1.165, 1.54) is 0 Å². The van der Waals surface area contributed by atoms with Crippen LogP contribution in [0.25, 0.3) is 0 Å². The van der Waals surface area contributed by atoms with Crippen molar-refractivity contribution in [3.63, 3.8) is 0 Å². The van der Waals surface area contributed by atoms with Crippen LogP contribution in [0.1, 0.15) is 11.5 Å².